The van der Waals surface area contributed by atoms with E-state index < -0.39 is 11.6 Å². The Morgan fingerprint density at radius 3 is 2.68 bits per heavy atom. The molecule has 0 N–H and O–H groups in total. The number of rotatable bonds is 3. The van der Waals surface area contributed by atoms with Crippen molar-refractivity contribution in [1.82, 2.24) is 39.6 Å². The van der Waals surface area contributed by atoms with Gasteiger partial charge in [0, 0.05) is 54.0 Å². The zero-order valence-electron chi connectivity index (χ0n) is 14.6. The summed E-state index contributed by atoms with van der Waals surface area (Å²) in [5, 5.41) is 16.2. The lowest BCUT2D eigenvalue weighted by Gasteiger charge is -2.08. The highest BCUT2D eigenvalue weighted by Gasteiger charge is 2.19. The van der Waals surface area contributed by atoms with Crippen LogP contribution in [0.3, 0.4) is 0 Å². The fourth-order valence-corrected chi connectivity index (χ4v) is 3.10. The molecule has 4 heterocycles. The molecule has 0 saturated carbocycles. The second kappa shape index (κ2) is 6.12. The number of pyridine rings is 1. The Kier molecular flexibility index (Phi) is 3.57. The minimum absolute atomic E-state index is 0.120. The summed E-state index contributed by atoms with van der Waals surface area (Å²) in [6.07, 6.45) is 7.83. The van der Waals surface area contributed by atoms with Gasteiger partial charge in [-0.3, -0.25) is 9.67 Å². The van der Waals surface area contributed by atoms with Crippen molar-refractivity contribution < 1.29 is 8.78 Å². The van der Waals surface area contributed by atoms with Crippen molar-refractivity contribution in [2.24, 2.45) is 7.05 Å². The molecule has 0 aliphatic heterocycles. The van der Waals surface area contributed by atoms with Gasteiger partial charge < -0.3 is 0 Å². The molecule has 138 valence electrons. The minimum Gasteiger partial charge on any atom is -0.275 e. The molecule has 0 aliphatic rings. The Morgan fingerprint density at radius 2 is 1.86 bits per heavy atom. The molecule has 4 aromatic heterocycles. The van der Waals surface area contributed by atoms with Gasteiger partial charge in [-0.2, -0.15) is 14.7 Å². The Balaban J connectivity index is 1.64. The highest BCUT2D eigenvalue weighted by atomic mass is 19.1. The molecule has 0 bridgehead atoms. The van der Waals surface area contributed by atoms with Crippen molar-refractivity contribution in [1.29, 1.82) is 0 Å². The van der Waals surface area contributed by atoms with E-state index in [0.717, 1.165) is 5.56 Å². The summed E-state index contributed by atoms with van der Waals surface area (Å²) >= 11 is 0. The zero-order chi connectivity index (χ0) is 19.3. The molecule has 0 radical (unpaired) electrons. The smallest absolute Gasteiger partial charge is 0.271 e. The van der Waals surface area contributed by atoms with Crippen molar-refractivity contribution in [2.45, 2.75) is 6.42 Å². The Bertz CT molecular complexity index is 1340. The first-order valence-electron chi connectivity index (χ1n) is 8.37. The van der Waals surface area contributed by atoms with Crippen LogP contribution in [0.5, 0.6) is 0 Å². The molecule has 1 aromatic carbocycles. The molecule has 5 rings (SSSR count). The largest absolute Gasteiger partial charge is 0.275 e. The lowest BCUT2D eigenvalue weighted by molar-refractivity contribution is 0.566. The lowest BCUT2D eigenvalue weighted by atomic mass is 10.0. The van der Waals surface area contributed by atoms with Crippen LogP contribution in [-0.4, -0.2) is 39.6 Å². The van der Waals surface area contributed by atoms with Crippen molar-refractivity contribution in [3.05, 3.63) is 66.1 Å². The molecule has 0 amide bonds. The van der Waals surface area contributed by atoms with Gasteiger partial charge in [-0.25, -0.2) is 13.8 Å². The van der Waals surface area contributed by atoms with Crippen molar-refractivity contribution in [2.75, 3.05) is 0 Å². The first kappa shape index (κ1) is 16.4. The molecule has 0 fully saturated rings. The van der Waals surface area contributed by atoms with Crippen LogP contribution in [0.1, 0.15) is 11.4 Å². The van der Waals surface area contributed by atoms with Gasteiger partial charge in [0.1, 0.15) is 11.6 Å². The van der Waals surface area contributed by atoms with E-state index in [4.69, 9.17) is 0 Å². The summed E-state index contributed by atoms with van der Waals surface area (Å²) < 4.78 is 32.8. The number of halogens is 2. The maximum atomic E-state index is 15.2. The van der Waals surface area contributed by atoms with Crippen LogP contribution in [0.25, 0.3) is 27.8 Å². The van der Waals surface area contributed by atoms with Crippen LogP contribution in [0.2, 0.25) is 0 Å². The van der Waals surface area contributed by atoms with Crippen molar-refractivity contribution in [3.63, 3.8) is 0 Å². The molecular formula is C18H12F2N8. The van der Waals surface area contributed by atoms with Gasteiger partial charge in [-0.15, -0.1) is 10.2 Å². The minimum atomic E-state index is -0.702. The van der Waals surface area contributed by atoms with E-state index in [2.05, 4.69) is 30.4 Å². The Hall–Kier alpha value is -3.82. The number of nitrogens with zero attached hydrogens (tertiary/aromatic N) is 8. The van der Waals surface area contributed by atoms with Crippen LogP contribution < -0.4 is 0 Å². The standard InChI is InChI=1S/C18H12F2N8/c1-27-9-11(8-24-27)10-4-13-15(22-7-10)6-14(19)12(17(13)20)5-16-25-26-18-21-2-3-23-28(16)18/h2-4,6-9H,5H2,1H3. The van der Waals surface area contributed by atoms with E-state index >= 15 is 4.39 Å². The van der Waals surface area contributed by atoms with Crippen LogP contribution in [0, 0.1) is 11.6 Å². The molecule has 10 heteroatoms. The molecule has 5 aromatic rings. The Labute approximate surface area is 156 Å². The van der Waals surface area contributed by atoms with Gasteiger partial charge in [0.25, 0.3) is 5.78 Å². The van der Waals surface area contributed by atoms with Gasteiger partial charge in [0.15, 0.2) is 5.82 Å². The molecule has 0 spiro atoms. The maximum absolute atomic E-state index is 15.2. The van der Waals surface area contributed by atoms with E-state index in [1.54, 1.807) is 36.4 Å². The highest BCUT2D eigenvalue weighted by Crippen LogP contribution is 2.28. The number of hydrogen-bond acceptors (Lipinski definition) is 6. The summed E-state index contributed by atoms with van der Waals surface area (Å²) in [6.45, 7) is 0. The van der Waals surface area contributed by atoms with E-state index in [-0.39, 0.29) is 34.5 Å². The van der Waals surface area contributed by atoms with Crippen LogP contribution in [0.4, 0.5) is 8.78 Å². The molecule has 0 aliphatic carbocycles. The fourth-order valence-electron chi connectivity index (χ4n) is 3.10. The van der Waals surface area contributed by atoms with E-state index in [0.29, 0.717) is 5.56 Å². The fraction of sp³-hybridized carbons (Fsp3) is 0.111. The maximum Gasteiger partial charge on any atom is 0.271 e. The number of hydrogen-bond donors (Lipinski definition) is 0. The predicted molar refractivity (Wildman–Crippen MR) is 95.2 cm³/mol. The average molecular weight is 378 g/mol. The number of aryl methyl sites for hydroxylation is 1. The van der Waals surface area contributed by atoms with Gasteiger partial charge in [0.05, 0.1) is 24.1 Å². The molecule has 0 saturated heterocycles. The third-order valence-corrected chi connectivity index (χ3v) is 4.47. The molecule has 0 atom stereocenters. The number of aromatic nitrogens is 8. The monoisotopic (exact) mass is 378 g/mol. The van der Waals surface area contributed by atoms with E-state index in [1.807, 2.05) is 0 Å². The molecular weight excluding hydrogens is 366 g/mol. The number of benzene rings is 1. The number of fused-ring (bicyclic) bond motifs is 2. The topological polar surface area (TPSA) is 86.7 Å². The molecule has 28 heavy (non-hydrogen) atoms. The van der Waals surface area contributed by atoms with Crippen LogP contribution >= 0.6 is 0 Å². The zero-order valence-corrected chi connectivity index (χ0v) is 14.6. The van der Waals surface area contributed by atoms with E-state index in [9.17, 15) is 4.39 Å². The normalized spacial score (nSPS) is 11.5. The quantitative estimate of drug-likeness (QED) is 0.479. The summed E-state index contributed by atoms with van der Waals surface area (Å²) in [4.78, 5) is 8.21. The van der Waals surface area contributed by atoms with Gasteiger partial charge in [-0.1, -0.05) is 0 Å². The van der Waals surface area contributed by atoms with Crippen molar-refractivity contribution in [3.8, 4) is 11.1 Å². The third kappa shape index (κ3) is 2.57. The van der Waals surface area contributed by atoms with Gasteiger partial charge in [-0.05, 0) is 6.07 Å². The van der Waals surface area contributed by atoms with Crippen LogP contribution in [-0.2, 0) is 13.5 Å². The first-order chi connectivity index (χ1) is 13.6. The van der Waals surface area contributed by atoms with Gasteiger partial charge in [0.2, 0.25) is 0 Å². The Morgan fingerprint density at radius 1 is 0.964 bits per heavy atom. The van der Waals surface area contributed by atoms with Crippen molar-refractivity contribution >= 4 is 16.7 Å². The first-order valence-corrected chi connectivity index (χ1v) is 8.37. The highest BCUT2D eigenvalue weighted by molar-refractivity contribution is 5.84. The molecule has 0 unspecified atom stereocenters. The summed E-state index contributed by atoms with van der Waals surface area (Å²) in [7, 11) is 1.79. The van der Waals surface area contributed by atoms with Gasteiger partial charge >= 0.3 is 0 Å². The summed E-state index contributed by atoms with van der Waals surface area (Å²) in [5.74, 6) is -0.836. The molecule has 8 nitrogen and oxygen atoms in total. The second-order valence-corrected chi connectivity index (χ2v) is 6.29. The predicted octanol–water partition coefficient (Wildman–Crippen LogP) is 2.34. The lowest BCUT2D eigenvalue weighted by Crippen LogP contribution is -2.05. The van der Waals surface area contributed by atoms with Crippen LogP contribution in [0.15, 0.2) is 43.1 Å². The van der Waals surface area contributed by atoms with E-state index in [1.165, 1.54) is 23.0 Å². The summed E-state index contributed by atoms with van der Waals surface area (Å²) in [5.41, 5.74) is 1.59. The SMILES string of the molecule is Cn1cc(-c2cnc3cc(F)c(Cc4nnc5nccnn45)c(F)c3c2)cn1. The summed E-state index contributed by atoms with van der Waals surface area (Å²) in [6, 6.07) is 2.86. The third-order valence-electron chi connectivity index (χ3n) is 4.47. The average Bonchev–Trinajstić information content (AvgIpc) is 3.31. The second-order valence-electron chi connectivity index (χ2n) is 6.29.